The predicted molar refractivity (Wildman–Crippen MR) is 158 cm³/mol. The van der Waals surface area contributed by atoms with Crippen molar-refractivity contribution < 1.29 is 18.3 Å². The van der Waals surface area contributed by atoms with Crippen molar-refractivity contribution in [3.8, 4) is 17.2 Å². The van der Waals surface area contributed by atoms with Crippen molar-refractivity contribution in [2.45, 2.75) is 44.1 Å². The number of hydrogen-bond acceptors (Lipinski definition) is 5. The van der Waals surface area contributed by atoms with Gasteiger partial charge < -0.3 is 20.4 Å². The van der Waals surface area contributed by atoms with Crippen LogP contribution in [0.5, 0.6) is 11.5 Å². The van der Waals surface area contributed by atoms with Crippen molar-refractivity contribution in [1.82, 2.24) is 24.6 Å². The summed E-state index contributed by atoms with van der Waals surface area (Å²) in [5.41, 5.74) is 2.37. The Morgan fingerprint density at radius 1 is 1.09 bits per heavy atom. The molecule has 1 unspecified atom stereocenters. The minimum Gasteiger partial charge on any atom is -0.453 e. The summed E-state index contributed by atoms with van der Waals surface area (Å²) in [6.45, 7) is 2.62. The van der Waals surface area contributed by atoms with E-state index in [2.05, 4.69) is 26.7 Å². The van der Waals surface area contributed by atoms with Gasteiger partial charge in [-0.2, -0.15) is 0 Å². The molecule has 0 radical (unpaired) electrons. The third-order valence-electron chi connectivity index (χ3n) is 8.70. The van der Waals surface area contributed by atoms with Crippen molar-refractivity contribution in [2.24, 2.45) is 7.05 Å². The van der Waals surface area contributed by atoms with E-state index in [1.807, 2.05) is 0 Å². The largest absolute Gasteiger partial charge is 0.453 e. The van der Waals surface area contributed by atoms with Gasteiger partial charge in [0.1, 0.15) is 22.8 Å². The smallest absolute Gasteiger partial charge is 0.284 e. The molecule has 1 atom stereocenters. The molecule has 1 amide bonds. The zero-order chi connectivity index (χ0) is 29.9. The highest BCUT2D eigenvalue weighted by Gasteiger charge is 2.46. The summed E-state index contributed by atoms with van der Waals surface area (Å²) in [5, 5.41) is 7.03. The number of rotatable bonds is 6. The molecule has 1 spiro atoms. The SMILES string of the molecule is Cc1c(C(=O)Nc2ccc(Oc3ccnc4[nH]c(C5CCNC6(CC6)C5)cc34)c(F)c2)c(=O)n(-c2ccc(F)cc2)n1C. The van der Waals surface area contributed by atoms with Crippen LogP contribution in [-0.2, 0) is 7.05 Å². The molecule has 220 valence electrons. The summed E-state index contributed by atoms with van der Waals surface area (Å²) < 4.78 is 37.4. The van der Waals surface area contributed by atoms with E-state index in [-0.39, 0.29) is 22.5 Å². The fourth-order valence-corrected chi connectivity index (χ4v) is 6.10. The molecule has 43 heavy (non-hydrogen) atoms. The first-order chi connectivity index (χ1) is 20.7. The number of benzene rings is 2. The average Bonchev–Trinajstić information content (AvgIpc) is 3.48. The van der Waals surface area contributed by atoms with Gasteiger partial charge in [0.25, 0.3) is 11.5 Å². The Hall–Kier alpha value is -4.77. The number of aromatic amines is 1. The Morgan fingerprint density at radius 2 is 1.88 bits per heavy atom. The van der Waals surface area contributed by atoms with Gasteiger partial charge in [-0.3, -0.25) is 14.3 Å². The molecule has 4 heterocycles. The fraction of sp³-hybridized carbons (Fsp3) is 0.281. The molecule has 2 fully saturated rings. The molecule has 3 aromatic heterocycles. The van der Waals surface area contributed by atoms with Gasteiger partial charge in [-0.25, -0.2) is 18.4 Å². The Bertz CT molecular complexity index is 1940. The molecule has 1 aliphatic heterocycles. The quantitative estimate of drug-likeness (QED) is 0.238. The molecule has 7 rings (SSSR count). The van der Waals surface area contributed by atoms with Crippen LogP contribution in [-0.4, -0.2) is 37.3 Å². The van der Waals surface area contributed by atoms with Gasteiger partial charge in [-0.15, -0.1) is 0 Å². The Morgan fingerprint density at radius 3 is 2.63 bits per heavy atom. The Balaban J connectivity index is 1.10. The number of pyridine rings is 1. The van der Waals surface area contributed by atoms with Crippen LogP contribution < -0.4 is 20.9 Å². The number of halogens is 2. The standard InChI is InChI=1S/C32H30F2N6O3/c1-18-28(31(42)40(39(18)2)22-6-3-20(33)4-7-22)30(41)37-21-5-8-27(24(34)15-21)43-26-10-13-35-29-23(26)16-25(38-29)19-9-14-36-32(17-19)11-12-32/h3-8,10,13,15-16,19,36H,9,11-12,14,17H2,1-2H3,(H,35,38)(H,37,41). The zero-order valence-corrected chi connectivity index (χ0v) is 23.7. The van der Waals surface area contributed by atoms with Crippen LogP contribution in [0.4, 0.5) is 14.5 Å². The third kappa shape index (κ3) is 4.89. The van der Waals surface area contributed by atoms with Crippen molar-refractivity contribution in [3.63, 3.8) is 0 Å². The third-order valence-corrected chi connectivity index (χ3v) is 8.70. The van der Waals surface area contributed by atoms with Crippen molar-refractivity contribution in [1.29, 1.82) is 0 Å². The van der Waals surface area contributed by atoms with Crippen LogP contribution in [0.1, 0.15) is 53.3 Å². The fourth-order valence-electron chi connectivity index (χ4n) is 6.10. The molecule has 1 aliphatic carbocycles. The van der Waals surface area contributed by atoms with Crippen LogP contribution >= 0.6 is 0 Å². The number of hydrogen-bond donors (Lipinski definition) is 3. The van der Waals surface area contributed by atoms with Gasteiger partial charge in [0, 0.05) is 42.1 Å². The number of piperidine rings is 1. The number of carbonyl (C=O) groups is 1. The molecule has 2 aromatic carbocycles. The van der Waals surface area contributed by atoms with Crippen LogP contribution in [0.3, 0.4) is 0 Å². The molecular formula is C32H30F2N6O3. The van der Waals surface area contributed by atoms with Crippen molar-refractivity contribution in [2.75, 3.05) is 11.9 Å². The van der Waals surface area contributed by atoms with Gasteiger partial charge in [0.15, 0.2) is 11.6 Å². The highest BCUT2D eigenvalue weighted by Crippen LogP contribution is 2.47. The minimum atomic E-state index is -0.686. The second-order valence-electron chi connectivity index (χ2n) is 11.5. The number of carbonyl (C=O) groups excluding carboxylic acids is 1. The van der Waals surface area contributed by atoms with E-state index in [0.29, 0.717) is 28.7 Å². The summed E-state index contributed by atoms with van der Waals surface area (Å²) in [5.74, 6) is -0.945. The number of ether oxygens (including phenoxy) is 1. The predicted octanol–water partition coefficient (Wildman–Crippen LogP) is 5.68. The molecule has 5 aromatic rings. The lowest BCUT2D eigenvalue weighted by molar-refractivity contribution is 0.102. The highest BCUT2D eigenvalue weighted by molar-refractivity contribution is 6.05. The van der Waals surface area contributed by atoms with Gasteiger partial charge in [0.05, 0.1) is 16.8 Å². The molecule has 2 aliphatic rings. The van der Waals surface area contributed by atoms with Crippen molar-refractivity contribution >= 4 is 22.6 Å². The van der Waals surface area contributed by atoms with Crippen LogP contribution in [0.2, 0.25) is 0 Å². The number of anilines is 1. The topological polar surface area (TPSA) is 106 Å². The van der Waals surface area contributed by atoms with Gasteiger partial charge in [0.2, 0.25) is 0 Å². The van der Waals surface area contributed by atoms with E-state index in [1.165, 1.54) is 58.6 Å². The van der Waals surface area contributed by atoms with Gasteiger partial charge in [-0.1, -0.05) is 0 Å². The summed E-state index contributed by atoms with van der Waals surface area (Å²) in [7, 11) is 1.63. The van der Waals surface area contributed by atoms with E-state index in [4.69, 9.17) is 4.74 Å². The first-order valence-corrected chi connectivity index (χ1v) is 14.3. The van der Waals surface area contributed by atoms with E-state index in [1.54, 1.807) is 26.2 Å². The normalized spacial score (nSPS) is 17.3. The highest BCUT2D eigenvalue weighted by atomic mass is 19.1. The van der Waals surface area contributed by atoms with Crippen molar-refractivity contribution in [3.05, 3.63) is 99.7 Å². The molecular weight excluding hydrogens is 554 g/mol. The first kappa shape index (κ1) is 27.1. The molecule has 11 heteroatoms. The van der Waals surface area contributed by atoms with E-state index in [0.717, 1.165) is 36.5 Å². The van der Waals surface area contributed by atoms with Crippen LogP contribution in [0.25, 0.3) is 16.7 Å². The number of fused-ring (bicyclic) bond motifs is 1. The molecule has 1 saturated carbocycles. The van der Waals surface area contributed by atoms with Crippen LogP contribution in [0.15, 0.2) is 65.6 Å². The number of H-pyrrole nitrogens is 1. The molecule has 3 N–H and O–H groups in total. The van der Waals surface area contributed by atoms with E-state index < -0.39 is 23.1 Å². The molecule has 9 nitrogen and oxygen atoms in total. The minimum absolute atomic E-state index is 0.0124. The maximum atomic E-state index is 15.3. The summed E-state index contributed by atoms with van der Waals surface area (Å²) >= 11 is 0. The number of aromatic nitrogens is 4. The monoisotopic (exact) mass is 584 g/mol. The Labute approximate surface area is 245 Å². The maximum absolute atomic E-state index is 15.3. The average molecular weight is 585 g/mol. The lowest BCUT2D eigenvalue weighted by Crippen LogP contribution is -2.39. The molecule has 0 bridgehead atoms. The summed E-state index contributed by atoms with van der Waals surface area (Å²) in [6.07, 6.45) is 6.17. The first-order valence-electron chi connectivity index (χ1n) is 14.3. The Kier molecular flexibility index (Phi) is 6.42. The van der Waals surface area contributed by atoms with Gasteiger partial charge >= 0.3 is 0 Å². The van der Waals surface area contributed by atoms with E-state index in [9.17, 15) is 14.0 Å². The number of nitrogens with zero attached hydrogens (tertiary/aromatic N) is 3. The second kappa shape index (κ2) is 10.2. The molecule has 1 saturated heterocycles. The number of amides is 1. The summed E-state index contributed by atoms with van der Waals surface area (Å²) in [6, 6.07) is 13.2. The maximum Gasteiger partial charge on any atom is 0.284 e. The second-order valence-corrected chi connectivity index (χ2v) is 11.5. The lowest BCUT2D eigenvalue weighted by atomic mass is 9.88. The van der Waals surface area contributed by atoms with Crippen LogP contribution in [0, 0.1) is 18.6 Å². The van der Waals surface area contributed by atoms with E-state index >= 15 is 4.39 Å². The zero-order valence-electron chi connectivity index (χ0n) is 23.7. The van der Waals surface area contributed by atoms with Gasteiger partial charge in [-0.05, 0) is 87.7 Å². The number of nitrogens with one attached hydrogen (secondary N) is 3. The lowest BCUT2D eigenvalue weighted by Gasteiger charge is -2.29. The summed E-state index contributed by atoms with van der Waals surface area (Å²) in [4.78, 5) is 34.2.